The van der Waals surface area contributed by atoms with Gasteiger partial charge in [-0.1, -0.05) is 76.6 Å². The standard InChI is InChI=1S/C26H19BrIN/c1-26(22-8-4-2-6-20(22)21-7-3-5-9-23(21)26)17-10-13-19(14-11-17)29-25-15-12-18(27)16-24(25)28/h2-16,29H,1H3. The number of benzene rings is 4. The Kier molecular flexibility index (Phi) is 4.75. The fraction of sp³-hybridized carbons (Fsp3) is 0.0769. The van der Waals surface area contributed by atoms with Gasteiger partial charge in [0.15, 0.2) is 0 Å². The van der Waals surface area contributed by atoms with Gasteiger partial charge in [0.25, 0.3) is 0 Å². The predicted octanol–water partition coefficient (Wildman–Crippen LogP) is 8.13. The van der Waals surface area contributed by atoms with Crippen LogP contribution in [0.15, 0.2) is 95.5 Å². The second-order valence-electron chi connectivity index (χ2n) is 7.54. The molecule has 0 spiro atoms. The van der Waals surface area contributed by atoms with Gasteiger partial charge in [0, 0.05) is 19.1 Å². The summed E-state index contributed by atoms with van der Waals surface area (Å²) in [5, 5.41) is 3.54. The van der Waals surface area contributed by atoms with Crippen LogP contribution in [-0.4, -0.2) is 0 Å². The molecule has 4 aromatic carbocycles. The third kappa shape index (κ3) is 3.11. The van der Waals surface area contributed by atoms with Crippen molar-refractivity contribution in [3.8, 4) is 11.1 Å². The molecule has 4 aromatic rings. The molecule has 0 unspecified atom stereocenters. The molecule has 29 heavy (non-hydrogen) atoms. The molecule has 0 amide bonds. The minimum atomic E-state index is -0.141. The lowest BCUT2D eigenvalue weighted by Crippen LogP contribution is -2.22. The van der Waals surface area contributed by atoms with E-state index in [1.54, 1.807) is 0 Å². The fourth-order valence-corrected chi connectivity index (χ4v) is 5.84. The highest BCUT2D eigenvalue weighted by Gasteiger charge is 2.40. The molecule has 0 radical (unpaired) electrons. The molecule has 0 atom stereocenters. The number of anilines is 2. The Bertz CT molecular complexity index is 1170. The van der Waals surface area contributed by atoms with Crippen molar-refractivity contribution in [2.24, 2.45) is 0 Å². The average molecular weight is 552 g/mol. The van der Waals surface area contributed by atoms with Gasteiger partial charge in [-0.3, -0.25) is 0 Å². The van der Waals surface area contributed by atoms with E-state index >= 15 is 0 Å². The summed E-state index contributed by atoms with van der Waals surface area (Å²) in [4.78, 5) is 0. The van der Waals surface area contributed by atoms with Gasteiger partial charge >= 0.3 is 0 Å². The Hall–Kier alpha value is -2.11. The van der Waals surface area contributed by atoms with E-state index < -0.39 is 0 Å². The van der Waals surface area contributed by atoms with E-state index in [1.165, 1.54) is 31.4 Å². The molecule has 0 aliphatic heterocycles. The molecule has 0 saturated heterocycles. The van der Waals surface area contributed by atoms with Gasteiger partial charge < -0.3 is 5.32 Å². The van der Waals surface area contributed by atoms with Crippen LogP contribution in [-0.2, 0) is 5.41 Å². The van der Waals surface area contributed by atoms with E-state index in [1.807, 2.05) is 0 Å². The van der Waals surface area contributed by atoms with Crippen LogP contribution in [0.1, 0.15) is 23.6 Å². The van der Waals surface area contributed by atoms with Gasteiger partial charge in [-0.2, -0.15) is 0 Å². The first-order valence-electron chi connectivity index (χ1n) is 9.59. The van der Waals surface area contributed by atoms with E-state index in [0.29, 0.717) is 0 Å². The van der Waals surface area contributed by atoms with Crippen molar-refractivity contribution in [2.75, 3.05) is 5.32 Å². The summed E-state index contributed by atoms with van der Waals surface area (Å²) in [6, 6.07) is 32.7. The zero-order chi connectivity index (χ0) is 20.0. The maximum atomic E-state index is 3.54. The second-order valence-corrected chi connectivity index (χ2v) is 9.62. The van der Waals surface area contributed by atoms with E-state index in [4.69, 9.17) is 0 Å². The van der Waals surface area contributed by atoms with Crippen LogP contribution in [0.4, 0.5) is 11.4 Å². The van der Waals surface area contributed by atoms with Gasteiger partial charge in [0.1, 0.15) is 0 Å². The monoisotopic (exact) mass is 551 g/mol. The van der Waals surface area contributed by atoms with Crippen molar-refractivity contribution in [3.05, 3.63) is 116 Å². The van der Waals surface area contributed by atoms with Crippen molar-refractivity contribution in [1.82, 2.24) is 0 Å². The summed E-state index contributed by atoms with van der Waals surface area (Å²) < 4.78 is 2.28. The summed E-state index contributed by atoms with van der Waals surface area (Å²) in [5.74, 6) is 0. The van der Waals surface area contributed by atoms with Crippen molar-refractivity contribution >= 4 is 49.9 Å². The summed E-state index contributed by atoms with van der Waals surface area (Å²) in [7, 11) is 0. The summed E-state index contributed by atoms with van der Waals surface area (Å²) in [6.07, 6.45) is 0. The molecular weight excluding hydrogens is 533 g/mol. The number of hydrogen-bond donors (Lipinski definition) is 1. The molecule has 0 saturated carbocycles. The molecule has 3 heteroatoms. The summed E-state index contributed by atoms with van der Waals surface area (Å²) >= 11 is 5.89. The lowest BCUT2D eigenvalue weighted by Gasteiger charge is -2.28. The van der Waals surface area contributed by atoms with Crippen molar-refractivity contribution < 1.29 is 0 Å². The number of nitrogens with one attached hydrogen (secondary N) is 1. The van der Waals surface area contributed by atoms with Crippen LogP contribution >= 0.6 is 38.5 Å². The third-order valence-corrected chi connectivity index (χ3v) is 7.28. The lowest BCUT2D eigenvalue weighted by molar-refractivity contribution is 0.714. The Morgan fingerprint density at radius 2 is 1.34 bits per heavy atom. The van der Waals surface area contributed by atoms with Crippen molar-refractivity contribution in [3.63, 3.8) is 0 Å². The molecular formula is C26H19BrIN. The SMILES string of the molecule is CC1(c2ccc(Nc3ccc(Br)cc3I)cc2)c2ccccc2-c2ccccc21. The van der Waals surface area contributed by atoms with Crippen LogP contribution in [0.25, 0.3) is 11.1 Å². The first-order valence-corrected chi connectivity index (χ1v) is 11.5. The van der Waals surface area contributed by atoms with Gasteiger partial charge in [0.05, 0.1) is 5.69 Å². The summed E-state index contributed by atoms with van der Waals surface area (Å²) in [6.45, 7) is 2.35. The van der Waals surface area contributed by atoms with Gasteiger partial charge in [-0.25, -0.2) is 0 Å². The van der Waals surface area contributed by atoms with Crippen molar-refractivity contribution in [2.45, 2.75) is 12.3 Å². The largest absolute Gasteiger partial charge is 0.355 e. The zero-order valence-corrected chi connectivity index (χ0v) is 19.7. The second kappa shape index (κ2) is 7.29. The number of hydrogen-bond acceptors (Lipinski definition) is 1. The average Bonchev–Trinajstić information content (AvgIpc) is 3.01. The third-order valence-electron chi connectivity index (χ3n) is 5.89. The van der Waals surface area contributed by atoms with Crippen LogP contribution in [0.3, 0.4) is 0 Å². The molecule has 0 aromatic heterocycles. The Balaban J connectivity index is 1.55. The highest BCUT2D eigenvalue weighted by molar-refractivity contribution is 14.1. The Morgan fingerprint density at radius 3 is 1.93 bits per heavy atom. The predicted molar refractivity (Wildman–Crippen MR) is 134 cm³/mol. The van der Waals surface area contributed by atoms with E-state index in [2.05, 4.69) is 142 Å². The molecule has 0 fully saturated rings. The van der Waals surface area contributed by atoms with Crippen LogP contribution in [0.5, 0.6) is 0 Å². The highest BCUT2D eigenvalue weighted by Crippen LogP contribution is 2.52. The highest BCUT2D eigenvalue weighted by atomic mass is 127. The fourth-order valence-electron chi connectivity index (χ4n) is 4.40. The van der Waals surface area contributed by atoms with Crippen LogP contribution < -0.4 is 5.32 Å². The molecule has 1 N–H and O–H groups in total. The zero-order valence-electron chi connectivity index (χ0n) is 15.9. The van der Waals surface area contributed by atoms with Crippen LogP contribution in [0.2, 0.25) is 0 Å². The summed E-state index contributed by atoms with van der Waals surface area (Å²) in [5.41, 5.74) is 8.83. The Morgan fingerprint density at radius 1 is 0.759 bits per heavy atom. The molecule has 0 heterocycles. The van der Waals surface area contributed by atoms with E-state index in [0.717, 1.165) is 15.8 Å². The first-order chi connectivity index (χ1) is 14.1. The smallest absolute Gasteiger partial charge is 0.0520 e. The maximum Gasteiger partial charge on any atom is 0.0520 e. The van der Waals surface area contributed by atoms with Crippen molar-refractivity contribution in [1.29, 1.82) is 0 Å². The first kappa shape index (κ1) is 18.9. The molecule has 1 aliphatic carbocycles. The molecule has 142 valence electrons. The number of halogens is 2. The quantitative estimate of drug-likeness (QED) is 0.253. The topological polar surface area (TPSA) is 12.0 Å². The van der Waals surface area contributed by atoms with Gasteiger partial charge in [-0.05, 0) is 87.7 Å². The van der Waals surface area contributed by atoms with Gasteiger partial charge in [-0.15, -0.1) is 0 Å². The molecule has 1 aliphatic rings. The Labute approximate surface area is 193 Å². The number of fused-ring (bicyclic) bond motifs is 3. The van der Waals surface area contributed by atoms with Gasteiger partial charge in [0.2, 0.25) is 0 Å². The normalized spacial score (nSPS) is 13.6. The lowest BCUT2D eigenvalue weighted by atomic mass is 9.74. The molecule has 0 bridgehead atoms. The van der Waals surface area contributed by atoms with E-state index in [9.17, 15) is 0 Å². The maximum absolute atomic E-state index is 3.54. The molecule has 1 nitrogen and oxygen atoms in total. The number of rotatable bonds is 3. The van der Waals surface area contributed by atoms with Crippen LogP contribution in [0, 0.1) is 3.57 Å². The molecule has 5 rings (SSSR count). The van der Waals surface area contributed by atoms with E-state index in [-0.39, 0.29) is 5.41 Å². The minimum absolute atomic E-state index is 0.141. The minimum Gasteiger partial charge on any atom is -0.355 e.